The quantitative estimate of drug-likeness (QED) is 0.916. The van der Waals surface area contributed by atoms with Crippen LogP contribution in [0, 0.1) is 6.92 Å². The summed E-state index contributed by atoms with van der Waals surface area (Å²) < 4.78 is 37.5. The molecule has 0 unspecified atom stereocenters. The van der Waals surface area contributed by atoms with E-state index in [1.54, 1.807) is 11.4 Å². The molecule has 1 aromatic carbocycles. The third-order valence-electron chi connectivity index (χ3n) is 2.62. The molecule has 0 spiro atoms. The molecule has 1 N–H and O–H groups in total. The fraction of sp³-hybridized carbons (Fsp3) is 0.250. The smallest absolute Gasteiger partial charge is 0.267 e. The molecule has 8 heteroatoms. The average Bonchev–Trinajstić information content (AvgIpc) is 2.90. The Kier molecular flexibility index (Phi) is 4.15. The fourth-order valence-corrected chi connectivity index (χ4v) is 3.63. The Morgan fingerprint density at radius 2 is 1.90 bits per heavy atom. The van der Waals surface area contributed by atoms with E-state index < -0.39 is 10.0 Å². The number of aryl methyl sites for hydroxylation is 1. The van der Waals surface area contributed by atoms with Gasteiger partial charge in [0, 0.05) is 17.6 Å². The highest BCUT2D eigenvalue weighted by atomic mass is 32.2. The molecule has 1 aromatic heterocycles. The Labute approximate surface area is 121 Å². The number of benzene rings is 1. The molecule has 0 amide bonds. The van der Waals surface area contributed by atoms with Gasteiger partial charge in [-0.25, -0.2) is 13.4 Å². The molecule has 2 aromatic rings. The summed E-state index contributed by atoms with van der Waals surface area (Å²) in [7, 11) is -0.877. The van der Waals surface area contributed by atoms with Crippen LogP contribution in [0.2, 0.25) is 0 Å². The summed E-state index contributed by atoms with van der Waals surface area (Å²) in [4.78, 5) is 3.91. The molecule has 108 valence electrons. The first-order valence-electron chi connectivity index (χ1n) is 5.63. The van der Waals surface area contributed by atoms with Crippen molar-refractivity contribution in [2.24, 2.45) is 0 Å². The number of thiazole rings is 1. The Morgan fingerprint density at radius 1 is 1.20 bits per heavy atom. The van der Waals surface area contributed by atoms with E-state index in [0.717, 1.165) is 5.56 Å². The Bertz CT molecular complexity index is 696. The number of nitrogens with one attached hydrogen (secondary N) is 1. The lowest BCUT2D eigenvalue weighted by atomic mass is 10.2. The molecular weight excluding hydrogens is 300 g/mol. The van der Waals surface area contributed by atoms with Crippen LogP contribution >= 0.6 is 11.3 Å². The van der Waals surface area contributed by atoms with E-state index in [9.17, 15) is 8.42 Å². The summed E-state index contributed by atoms with van der Waals surface area (Å²) in [6.07, 6.45) is 1.52. The van der Waals surface area contributed by atoms with Gasteiger partial charge in [-0.05, 0) is 18.6 Å². The summed E-state index contributed by atoms with van der Waals surface area (Å²) in [6.45, 7) is 1.81. The van der Waals surface area contributed by atoms with Crippen molar-refractivity contribution in [3.8, 4) is 11.5 Å². The highest BCUT2D eigenvalue weighted by Gasteiger charge is 2.22. The van der Waals surface area contributed by atoms with Gasteiger partial charge in [0.15, 0.2) is 5.13 Å². The molecule has 0 bridgehead atoms. The van der Waals surface area contributed by atoms with Crippen molar-refractivity contribution >= 4 is 26.5 Å². The Hall–Kier alpha value is -1.80. The number of methoxy groups -OCH3 is 2. The van der Waals surface area contributed by atoms with Crippen molar-refractivity contribution in [2.75, 3.05) is 18.9 Å². The molecule has 20 heavy (non-hydrogen) atoms. The van der Waals surface area contributed by atoms with Crippen molar-refractivity contribution in [3.05, 3.63) is 29.3 Å². The highest BCUT2D eigenvalue weighted by Crippen LogP contribution is 2.32. The van der Waals surface area contributed by atoms with Crippen LogP contribution in [-0.4, -0.2) is 27.6 Å². The second-order valence-electron chi connectivity index (χ2n) is 3.92. The first kappa shape index (κ1) is 14.6. The van der Waals surface area contributed by atoms with E-state index in [4.69, 9.17) is 9.47 Å². The first-order valence-corrected chi connectivity index (χ1v) is 7.99. The number of rotatable bonds is 5. The number of ether oxygens (including phenoxy) is 2. The third-order valence-corrected chi connectivity index (χ3v) is 4.80. The number of nitrogens with zero attached hydrogens (tertiary/aromatic N) is 1. The molecule has 0 aliphatic rings. The number of hydrogen-bond donors (Lipinski definition) is 1. The Morgan fingerprint density at radius 3 is 2.45 bits per heavy atom. The largest absolute Gasteiger partial charge is 0.496 e. The maximum Gasteiger partial charge on any atom is 0.267 e. The zero-order valence-electron chi connectivity index (χ0n) is 11.2. The van der Waals surface area contributed by atoms with E-state index in [2.05, 4.69) is 9.71 Å². The van der Waals surface area contributed by atoms with E-state index in [-0.39, 0.29) is 10.6 Å². The van der Waals surface area contributed by atoms with Gasteiger partial charge in [0.2, 0.25) is 0 Å². The van der Waals surface area contributed by atoms with Crippen molar-refractivity contribution < 1.29 is 17.9 Å². The SMILES string of the molecule is COc1cc(S(=O)(=O)Nc2nccs2)c(OC)cc1C. The van der Waals surface area contributed by atoms with Crippen molar-refractivity contribution in [3.63, 3.8) is 0 Å². The minimum Gasteiger partial charge on any atom is -0.496 e. The minimum absolute atomic E-state index is 0.0117. The maximum absolute atomic E-state index is 12.4. The molecule has 0 saturated carbocycles. The van der Waals surface area contributed by atoms with Gasteiger partial charge in [0.1, 0.15) is 16.4 Å². The van der Waals surface area contributed by atoms with Gasteiger partial charge >= 0.3 is 0 Å². The molecule has 6 nitrogen and oxygen atoms in total. The topological polar surface area (TPSA) is 77.5 Å². The van der Waals surface area contributed by atoms with Gasteiger partial charge in [-0.15, -0.1) is 11.3 Å². The summed E-state index contributed by atoms with van der Waals surface area (Å²) >= 11 is 1.20. The zero-order valence-corrected chi connectivity index (χ0v) is 12.8. The van der Waals surface area contributed by atoms with Crippen molar-refractivity contribution in [1.29, 1.82) is 0 Å². The van der Waals surface area contributed by atoms with Gasteiger partial charge in [-0.2, -0.15) is 0 Å². The lowest BCUT2D eigenvalue weighted by Gasteiger charge is -2.13. The Balaban J connectivity index is 2.49. The van der Waals surface area contributed by atoms with Crippen LogP contribution in [0.1, 0.15) is 5.56 Å². The second-order valence-corrected chi connectivity index (χ2v) is 6.46. The van der Waals surface area contributed by atoms with E-state index >= 15 is 0 Å². The van der Waals surface area contributed by atoms with E-state index in [1.807, 2.05) is 6.92 Å². The van der Waals surface area contributed by atoms with Crippen LogP contribution in [0.25, 0.3) is 0 Å². The number of sulfonamides is 1. The predicted octanol–water partition coefficient (Wildman–Crippen LogP) is 2.27. The monoisotopic (exact) mass is 314 g/mol. The molecule has 0 aliphatic heterocycles. The van der Waals surface area contributed by atoms with E-state index in [0.29, 0.717) is 10.9 Å². The molecular formula is C12H14N2O4S2. The van der Waals surface area contributed by atoms with Crippen LogP contribution in [0.15, 0.2) is 28.6 Å². The summed E-state index contributed by atoms with van der Waals surface area (Å²) in [5, 5.41) is 1.98. The lowest BCUT2D eigenvalue weighted by Crippen LogP contribution is -2.14. The molecule has 1 heterocycles. The van der Waals surface area contributed by atoms with Crippen LogP contribution in [0.4, 0.5) is 5.13 Å². The standard InChI is InChI=1S/C12H14N2O4S2/c1-8-6-10(18-3)11(7-9(8)17-2)20(15,16)14-12-13-4-5-19-12/h4-7H,1-3H3,(H,13,14). The third kappa shape index (κ3) is 2.86. The maximum atomic E-state index is 12.4. The van der Waals surface area contributed by atoms with Crippen LogP contribution in [0.3, 0.4) is 0 Å². The van der Waals surface area contributed by atoms with Crippen LogP contribution in [0.5, 0.6) is 11.5 Å². The second kappa shape index (κ2) is 5.68. The van der Waals surface area contributed by atoms with Crippen molar-refractivity contribution in [1.82, 2.24) is 4.98 Å². The number of anilines is 1. The molecule has 2 rings (SSSR count). The van der Waals surface area contributed by atoms with Gasteiger partial charge in [-0.3, -0.25) is 4.72 Å². The highest BCUT2D eigenvalue weighted by molar-refractivity contribution is 7.93. The van der Waals surface area contributed by atoms with Gasteiger partial charge < -0.3 is 9.47 Å². The fourth-order valence-electron chi connectivity index (χ4n) is 1.68. The molecule has 0 aliphatic carbocycles. The molecule has 0 atom stereocenters. The summed E-state index contributed by atoms with van der Waals surface area (Å²) in [6, 6.07) is 3.05. The van der Waals surface area contributed by atoms with Crippen LogP contribution < -0.4 is 14.2 Å². The summed E-state index contributed by atoms with van der Waals surface area (Å²) in [5.74, 6) is 0.734. The zero-order chi connectivity index (χ0) is 14.8. The van der Waals surface area contributed by atoms with Gasteiger partial charge in [-0.1, -0.05) is 0 Å². The van der Waals surface area contributed by atoms with Crippen LogP contribution in [-0.2, 0) is 10.0 Å². The number of aromatic nitrogens is 1. The average molecular weight is 314 g/mol. The van der Waals surface area contributed by atoms with E-state index in [1.165, 1.54) is 37.8 Å². The predicted molar refractivity (Wildman–Crippen MR) is 77.2 cm³/mol. The van der Waals surface area contributed by atoms with Crippen molar-refractivity contribution in [2.45, 2.75) is 11.8 Å². The first-order chi connectivity index (χ1) is 9.47. The molecule has 0 saturated heterocycles. The molecule has 0 radical (unpaired) electrons. The lowest BCUT2D eigenvalue weighted by molar-refractivity contribution is 0.390. The van der Waals surface area contributed by atoms with Gasteiger partial charge in [0.25, 0.3) is 10.0 Å². The molecule has 0 fully saturated rings. The van der Waals surface area contributed by atoms with Gasteiger partial charge in [0.05, 0.1) is 14.2 Å². The number of hydrogen-bond acceptors (Lipinski definition) is 6. The normalized spacial score (nSPS) is 11.2. The summed E-state index contributed by atoms with van der Waals surface area (Å²) in [5.41, 5.74) is 0.789. The minimum atomic E-state index is -3.78.